The highest BCUT2D eigenvalue weighted by Crippen LogP contribution is 2.46. The van der Waals surface area contributed by atoms with Crippen LogP contribution >= 0.6 is 22.7 Å². The molecule has 0 radical (unpaired) electrons. The van der Waals surface area contributed by atoms with Crippen LogP contribution in [0.2, 0.25) is 0 Å². The van der Waals surface area contributed by atoms with Crippen LogP contribution in [0.3, 0.4) is 0 Å². The smallest absolute Gasteiger partial charge is 0.0998 e. The maximum Gasteiger partial charge on any atom is 0.0998 e. The van der Waals surface area contributed by atoms with Crippen molar-refractivity contribution in [1.82, 2.24) is 4.57 Å². The number of rotatable bonds is 2. The van der Waals surface area contributed by atoms with Gasteiger partial charge in [-0.3, -0.25) is 0 Å². The Bertz CT molecular complexity index is 2650. The minimum absolute atomic E-state index is 0.647. The van der Waals surface area contributed by atoms with Gasteiger partial charge in [-0.25, -0.2) is 0 Å². The van der Waals surface area contributed by atoms with Crippen molar-refractivity contribution in [3.05, 3.63) is 126 Å². The van der Waals surface area contributed by atoms with Gasteiger partial charge in [0, 0.05) is 56.7 Å². The summed E-state index contributed by atoms with van der Waals surface area (Å²) < 4.78 is 7.17. The van der Waals surface area contributed by atoms with E-state index in [4.69, 9.17) is 0 Å². The van der Waals surface area contributed by atoms with Crippen molar-refractivity contribution in [3.63, 3.8) is 0 Å². The lowest BCUT2D eigenvalue weighted by Crippen LogP contribution is -1.99. The molecule has 6 aromatic carbocycles. The van der Waals surface area contributed by atoms with E-state index >= 15 is 0 Å². The topological polar surface area (TPSA) is 52.5 Å². The number of benzene rings is 6. The fraction of sp³-hybridized carbons (Fsp3) is 0. The summed E-state index contributed by atoms with van der Waals surface area (Å²) in [7, 11) is 0. The number of hydrogen-bond donors (Lipinski definition) is 0. The van der Waals surface area contributed by atoms with Crippen LogP contribution in [0.25, 0.3) is 79.0 Å². The molecule has 3 heterocycles. The third-order valence-corrected chi connectivity index (χ3v) is 10.8. The highest BCUT2D eigenvalue weighted by molar-refractivity contribution is 7.29. The number of thiophene rings is 2. The maximum atomic E-state index is 10.4. The Hall–Kier alpha value is -5.46. The van der Waals surface area contributed by atoms with Gasteiger partial charge < -0.3 is 4.57 Å². The largest absolute Gasteiger partial charge is 0.309 e. The number of aromatic nitrogens is 1. The van der Waals surface area contributed by atoms with Gasteiger partial charge in [-0.2, -0.15) is 10.5 Å². The van der Waals surface area contributed by atoms with Crippen molar-refractivity contribution in [2.75, 3.05) is 0 Å². The zero-order valence-corrected chi connectivity index (χ0v) is 24.3. The Balaban J connectivity index is 1.37. The molecule has 0 unspecified atom stereocenters. The predicted octanol–water partition coefficient (Wildman–Crippen LogP) is 10.9. The zero-order valence-electron chi connectivity index (χ0n) is 22.6. The van der Waals surface area contributed by atoms with Crippen molar-refractivity contribution in [2.45, 2.75) is 0 Å². The first-order valence-corrected chi connectivity index (χ1v) is 15.6. The first kappa shape index (κ1) is 24.2. The molecule has 0 saturated heterocycles. The van der Waals surface area contributed by atoms with Crippen LogP contribution in [-0.4, -0.2) is 4.57 Å². The molecule has 0 bridgehead atoms. The van der Waals surface area contributed by atoms with Crippen LogP contribution in [-0.2, 0) is 0 Å². The molecule has 5 heteroatoms. The molecule has 0 saturated carbocycles. The lowest BCUT2D eigenvalue weighted by molar-refractivity contribution is 1.18. The van der Waals surface area contributed by atoms with Gasteiger partial charge >= 0.3 is 0 Å². The number of fused-ring (bicyclic) bond motifs is 10. The highest BCUT2D eigenvalue weighted by Gasteiger charge is 2.20. The minimum Gasteiger partial charge on any atom is -0.309 e. The molecule has 0 aliphatic heterocycles. The summed E-state index contributed by atoms with van der Waals surface area (Å²) >= 11 is 3.58. The first-order valence-electron chi connectivity index (χ1n) is 14.0. The second-order valence-electron chi connectivity index (χ2n) is 10.7. The quantitative estimate of drug-likeness (QED) is 0.204. The summed E-state index contributed by atoms with van der Waals surface area (Å²) in [5.74, 6) is 0. The van der Waals surface area contributed by atoms with Crippen molar-refractivity contribution in [3.8, 4) is 29.0 Å². The molecular weight excluding hydrogens is 563 g/mol. The van der Waals surface area contributed by atoms with E-state index < -0.39 is 0 Å². The fourth-order valence-electron chi connectivity index (χ4n) is 6.63. The monoisotopic (exact) mass is 581 g/mol. The molecule has 3 aromatic heterocycles. The zero-order chi connectivity index (χ0) is 28.7. The molecule has 9 rings (SSSR count). The third-order valence-electron chi connectivity index (χ3n) is 8.47. The van der Waals surface area contributed by atoms with E-state index in [1.165, 1.54) is 45.7 Å². The molecule has 0 fully saturated rings. The summed E-state index contributed by atoms with van der Waals surface area (Å²) in [6, 6.07) is 44.8. The van der Waals surface area contributed by atoms with Gasteiger partial charge in [-0.05, 0) is 66.2 Å². The van der Waals surface area contributed by atoms with Crippen molar-refractivity contribution in [2.24, 2.45) is 0 Å². The van der Waals surface area contributed by atoms with Gasteiger partial charge in [-0.1, -0.05) is 54.6 Å². The van der Waals surface area contributed by atoms with Crippen LogP contribution in [0.4, 0.5) is 0 Å². The highest BCUT2D eigenvalue weighted by atomic mass is 32.1. The molecule has 0 N–H and O–H groups in total. The van der Waals surface area contributed by atoms with E-state index in [0.29, 0.717) is 11.1 Å². The molecule has 9 aromatic rings. The minimum atomic E-state index is 0.647. The van der Waals surface area contributed by atoms with Gasteiger partial charge in [0.2, 0.25) is 0 Å². The van der Waals surface area contributed by atoms with Crippen LogP contribution in [0.15, 0.2) is 115 Å². The molecule has 198 valence electrons. The molecule has 0 aliphatic rings. The van der Waals surface area contributed by atoms with Crippen molar-refractivity contribution in [1.29, 1.82) is 10.5 Å². The van der Waals surface area contributed by atoms with E-state index in [0.717, 1.165) is 33.2 Å². The number of nitrogens with zero attached hydrogens (tertiary/aromatic N) is 3. The SMILES string of the molecule is N#Cc1ccc2sc3c(ccc4sc5ccc(-c6c(C#N)cccc6-n6c7ccccc7c7ccccc76)cc5c43)c2c1. The number of para-hydroxylation sites is 2. The Morgan fingerprint density at radius 2 is 1.26 bits per heavy atom. The lowest BCUT2D eigenvalue weighted by atomic mass is 9.96. The van der Waals surface area contributed by atoms with Crippen LogP contribution < -0.4 is 0 Å². The van der Waals surface area contributed by atoms with E-state index in [1.54, 1.807) is 22.7 Å². The van der Waals surface area contributed by atoms with Gasteiger partial charge in [0.05, 0.1) is 40.0 Å². The fourth-order valence-corrected chi connectivity index (χ4v) is 9.03. The third kappa shape index (κ3) is 3.38. The van der Waals surface area contributed by atoms with E-state index in [1.807, 2.05) is 24.3 Å². The van der Waals surface area contributed by atoms with Gasteiger partial charge in [0.25, 0.3) is 0 Å². The summed E-state index contributed by atoms with van der Waals surface area (Å²) in [6.07, 6.45) is 0. The second kappa shape index (κ2) is 9.02. The summed E-state index contributed by atoms with van der Waals surface area (Å²) in [5.41, 5.74) is 6.50. The van der Waals surface area contributed by atoms with Crippen LogP contribution in [0.1, 0.15) is 11.1 Å². The predicted molar refractivity (Wildman–Crippen MR) is 181 cm³/mol. The Morgan fingerprint density at radius 1 is 0.535 bits per heavy atom. The van der Waals surface area contributed by atoms with E-state index in [2.05, 4.69) is 108 Å². The maximum absolute atomic E-state index is 10.4. The van der Waals surface area contributed by atoms with E-state index in [-0.39, 0.29) is 0 Å². The van der Waals surface area contributed by atoms with Gasteiger partial charge in [0.15, 0.2) is 0 Å². The number of hydrogen-bond acceptors (Lipinski definition) is 4. The van der Waals surface area contributed by atoms with Gasteiger partial charge in [-0.15, -0.1) is 22.7 Å². The average Bonchev–Trinajstić information content (AvgIpc) is 3.73. The van der Waals surface area contributed by atoms with E-state index in [9.17, 15) is 10.5 Å². The lowest BCUT2D eigenvalue weighted by Gasteiger charge is -2.15. The Labute approximate surface area is 254 Å². The molecule has 43 heavy (non-hydrogen) atoms. The van der Waals surface area contributed by atoms with Crippen LogP contribution in [0.5, 0.6) is 0 Å². The average molecular weight is 582 g/mol. The number of nitriles is 2. The molecule has 0 atom stereocenters. The normalized spacial score (nSPS) is 11.7. The van der Waals surface area contributed by atoms with Gasteiger partial charge in [0.1, 0.15) is 0 Å². The van der Waals surface area contributed by atoms with Crippen LogP contribution in [0, 0.1) is 22.7 Å². The Morgan fingerprint density at radius 3 is 2.02 bits per heavy atom. The molecule has 0 amide bonds. The molecule has 0 aliphatic carbocycles. The standard InChI is InChI=1S/C38H19N3S2/c39-20-22-12-15-33-28(18-22)27-14-17-35-37(38(27)43-33)29-19-23(13-16-34(29)42-35)36-24(21-40)6-5-11-32(36)41-30-9-3-1-7-25(30)26-8-2-4-10-31(26)41/h1-19H. The summed E-state index contributed by atoms with van der Waals surface area (Å²) in [6.45, 7) is 0. The molecule has 0 spiro atoms. The summed E-state index contributed by atoms with van der Waals surface area (Å²) in [4.78, 5) is 0. The van der Waals surface area contributed by atoms with Crippen molar-refractivity contribution >= 4 is 84.8 Å². The first-order chi connectivity index (χ1) is 21.2. The molecule has 3 nitrogen and oxygen atoms in total. The molecular formula is C38H19N3S2. The van der Waals surface area contributed by atoms with Crippen molar-refractivity contribution < 1.29 is 0 Å². The summed E-state index contributed by atoms with van der Waals surface area (Å²) in [5, 5.41) is 27.0. The second-order valence-corrected chi connectivity index (χ2v) is 12.9. The Kier molecular flexibility index (Phi) is 5.07.